The average Bonchev–Trinajstić information content (AvgIpc) is 3.63. The maximum atomic E-state index is 13.0. The summed E-state index contributed by atoms with van der Waals surface area (Å²) in [7, 11) is -3.64. The van der Waals surface area contributed by atoms with E-state index in [9.17, 15) is 13.2 Å². The lowest BCUT2D eigenvalue weighted by Gasteiger charge is -2.20. The molecule has 1 heterocycles. The highest BCUT2D eigenvalue weighted by atomic mass is 32.2. The van der Waals surface area contributed by atoms with E-state index in [0.717, 1.165) is 55.4 Å². The van der Waals surface area contributed by atoms with Gasteiger partial charge in [-0.25, -0.2) is 13.2 Å². The first-order chi connectivity index (χ1) is 16.0. The van der Waals surface area contributed by atoms with Crippen LogP contribution in [0, 0.1) is 5.92 Å². The van der Waals surface area contributed by atoms with Crippen LogP contribution in [0.15, 0.2) is 74.8 Å². The van der Waals surface area contributed by atoms with Gasteiger partial charge in [-0.2, -0.15) is 0 Å². The van der Waals surface area contributed by atoms with Crippen LogP contribution < -0.4 is 10.3 Å². The molecule has 1 unspecified atom stereocenters. The predicted molar refractivity (Wildman–Crippen MR) is 129 cm³/mol. The largest absolute Gasteiger partial charge is 0.427 e. The van der Waals surface area contributed by atoms with Crippen molar-refractivity contribution in [3.63, 3.8) is 0 Å². The van der Waals surface area contributed by atoms with Gasteiger partial charge in [0.25, 0.3) is 10.0 Å². The van der Waals surface area contributed by atoms with Crippen molar-refractivity contribution in [1.82, 2.24) is 0 Å². The zero-order valence-corrected chi connectivity index (χ0v) is 19.4. The van der Waals surface area contributed by atoms with Crippen LogP contribution >= 0.6 is 0 Å². The summed E-state index contributed by atoms with van der Waals surface area (Å²) in [6.07, 6.45) is 8.59. The number of fused-ring (bicyclic) bond motifs is 1. The number of anilines is 1. The molecule has 1 atom stereocenters. The maximum Gasteiger partial charge on any atom is 0.339 e. The molecule has 0 amide bonds. The van der Waals surface area contributed by atoms with Crippen LogP contribution in [0.5, 0.6) is 0 Å². The van der Waals surface area contributed by atoms with E-state index in [1.165, 1.54) is 18.4 Å². The number of benzene rings is 2. The van der Waals surface area contributed by atoms with Gasteiger partial charge in [-0.3, -0.25) is 4.72 Å². The van der Waals surface area contributed by atoms with E-state index in [0.29, 0.717) is 11.6 Å². The van der Waals surface area contributed by atoms with Crippen LogP contribution in [0.2, 0.25) is 0 Å². The minimum absolute atomic E-state index is 0.0169. The monoisotopic (exact) mass is 463 g/mol. The summed E-state index contributed by atoms with van der Waals surface area (Å²) < 4.78 is 33.7. The Bertz CT molecular complexity index is 1280. The summed E-state index contributed by atoms with van der Waals surface area (Å²) >= 11 is 0. The molecule has 33 heavy (non-hydrogen) atoms. The summed E-state index contributed by atoms with van der Waals surface area (Å²) in [5, 5.41) is 0. The molecule has 2 aliphatic carbocycles. The van der Waals surface area contributed by atoms with Crippen molar-refractivity contribution in [1.29, 1.82) is 0 Å². The van der Waals surface area contributed by atoms with Gasteiger partial charge in [0.05, 0.1) is 4.90 Å². The van der Waals surface area contributed by atoms with E-state index in [2.05, 4.69) is 10.8 Å². The van der Waals surface area contributed by atoms with Gasteiger partial charge in [0.15, 0.2) is 0 Å². The molecule has 2 aliphatic rings. The zero-order chi connectivity index (χ0) is 22.8. The van der Waals surface area contributed by atoms with Crippen molar-refractivity contribution in [3.05, 3.63) is 93.5 Å². The van der Waals surface area contributed by atoms with Crippen LogP contribution in [0.3, 0.4) is 0 Å². The lowest BCUT2D eigenvalue weighted by atomic mass is 9.86. The lowest BCUT2D eigenvalue weighted by molar-refractivity contribution is 0.420. The zero-order valence-electron chi connectivity index (χ0n) is 18.6. The molecular formula is C27H29NO4S. The van der Waals surface area contributed by atoms with Gasteiger partial charge >= 0.3 is 5.63 Å². The first-order valence-corrected chi connectivity index (χ1v) is 13.3. The molecule has 1 aromatic heterocycles. The minimum Gasteiger partial charge on any atom is -0.427 e. The first-order valence-electron chi connectivity index (χ1n) is 11.8. The average molecular weight is 464 g/mol. The predicted octanol–water partition coefficient (Wildman–Crippen LogP) is 5.64. The Labute approximate surface area is 194 Å². The van der Waals surface area contributed by atoms with Crippen LogP contribution in [0.4, 0.5) is 5.69 Å². The highest BCUT2D eigenvalue weighted by Gasteiger charge is 2.36. The molecule has 172 valence electrons. The number of aryl methyl sites for hydroxylation is 2. The van der Waals surface area contributed by atoms with Gasteiger partial charge < -0.3 is 4.42 Å². The van der Waals surface area contributed by atoms with E-state index >= 15 is 0 Å². The molecule has 2 aromatic carbocycles. The fraction of sp³-hybridized carbons (Fsp3) is 0.370. The highest BCUT2D eigenvalue weighted by Crippen LogP contribution is 2.46. The van der Waals surface area contributed by atoms with E-state index in [1.807, 2.05) is 12.1 Å². The van der Waals surface area contributed by atoms with Gasteiger partial charge in [-0.1, -0.05) is 43.2 Å². The molecule has 1 N–H and O–H groups in total. The molecule has 5 rings (SSSR count). The van der Waals surface area contributed by atoms with Crippen molar-refractivity contribution in [2.45, 2.75) is 62.2 Å². The molecule has 1 fully saturated rings. The fourth-order valence-electron chi connectivity index (χ4n) is 4.87. The summed E-state index contributed by atoms with van der Waals surface area (Å²) in [5.74, 6) is 1.27. The maximum absolute atomic E-state index is 13.0. The van der Waals surface area contributed by atoms with Crippen molar-refractivity contribution in [2.24, 2.45) is 5.92 Å². The molecular weight excluding hydrogens is 434 g/mol. The number of rotatable bonds is 6. The van der Waals surface area contributed by atoms with Crippen LogP contribution in [-0.2, 0) is 22.9 Å². The molecule has 6 heteroatoms. The minimum atomic E-state index is -3.64. The Kier molecular flexibility index (Phi) is 6.11. The summed E-state index contributed by atoms with van der Waals surface area (Å²) in [4.78, 5) is 13.2. The number of hydrogen-bond donors (Lipinski definition) is 1. The second-order valence-corrected chi connectivity index (χ2v) is 10.9. The molecule has 0 saturated heterocycles. The van der Waals surface area contributed by atoms with Gasteiger partial charge in [0, 0.05) is 23.6 Å². The number of hydrogen-bond acceptors (Lipinski definition) is 4. The van der Waals surface area contributed by atoms with Crippen molar-refractivity contribution in [3.8, 4) is 0 Å². The Morgan fingerprint density at radius 2 is 1.58 bits per heavy atom. The lowest BCUT2D eigenvalue weighted by Crippen LogP contribution is -2.18. The summed E-state index contributed by atoms with van der Waals surface area (Å²) in [5.41, 5.74) is 3.23. The van der Waals surface area contributed by atoms with E-state index < -0.39 is 10.0 Å². The quantitative estimate of drug-likeness (QED) is 0.513. The van der Waals surface area contributed by atoms with Crippen molar-refractivity contribution >= 4 is 15.7 Å². The second kappa shape index (κ2) is 9.18. The second-order valence-electron chi connectivity index (χ2n) is 9.21. The fourth-order valence-corrected chi connectivity index (χ4v) is 5.95. The normalized spacial score (nSPS) is 17.5. The Morgan fingerprint density at radius 3 is 2.27 bits per heavy atom. The van der Waals surface area contributed by atoms with Crippen LogP contribution in [0.1, 0.15) is 66.9 Å². The van der Waals surface area contributed by atoms with Crippen LogP contribution in [-0.4, -0.2) is 8.42 Å². The first kappa shape index (κ1) is 22.0. The van der Waals surface area contributed by atoms with E-state index in [4.69, 9.17) is 4.42 Å². The Morgan fingerprint density at radius 1 is 0.879 bits per heavy atom. The molecule has 0 radical (unpaired) electrons. The molecule has 3 aromatic rings. The standard InChI is InChI=1S/C27H29NO4S/c29-27-24(18-21-8-4-1-2-7-11-25(21)32-27)26(19-12-13-19)20-14-16-22(17-15-20)28-33(30,31)23-9-5-3-6-10-23/h3,5-6,9-10,14-19,26,28H,1-2,4,7-8,11-13H2. The SMILES string of the molecule is O=c1oc2c(cc1C(c1ccc(NS(=O)(=O)c3ccccc3)cc1)C1CC1)CCCCCC2. The van der Waals surface area contributed by atoms with Crippen molar-refractivity contribution in [2.75, 3.05) is 4.72 Å². The molecule has 5 nitrogen and oxygen atoms in total. The van der Waals surface area contributed by atoms with Gasteiger partial charge in [0.2, 0.25) is 0 Å². The van der Waals surface area contributed by atoms with E-state index in [-0.39, 0.29) is 16.4 Å². The van der Waals surface area contributed by atoms with Crippen molar-refractivity contribution < 1.29 is 12.8 Å². The third-order valence-corrected chi connectivity index (χ3v) is 8.14. The number of nitrogens with one attached hydrogen (secondary N) is 1. The van der Waals surface area contributed by atoms with Gasteiger partial charge in [-0.15, -0.1) is 0 Å². The molecule has 1 saturated carbocycles. The molecule has 0 spiro atoms. The van der Waals surface area contributed by atoms with Gasteiger partial charge in [-0.05, 0) is 79.5 Å². The highest BCUT2D eigenvalue weighted by molar-refractivity contribution is 7.92. The van der Waals surface area contributed by atoms with E-state index in [1.54, 1.807) is 42.5 Å². The molecule has 0 aliphatic heterocycles. The Hall–Kier alpha value is -2.86. The Balaban J connectivity index is 1.43. The molecule has 0 bridgehead atoms. The topological polar surface area (TPSA) is 76.4 Å². The summed E-state index contributed by atoms with van der Waals surface area (Å²) in [6.45, 7) is 0. The third-order valence-electron chi connectivity index (χ3n) is 6.74. The summed E-state index contributed by atoms with van der Waals surface area (Å²) in [6, 6.07) is 17.8. The van der Waals surface area contributed by atoms with Crippen LogP contribution in [0.25, 0.3) is 0 Å². The third kappa shape index (κ3) is 4.91. The number of sulfonamides is 1. The smallest absolute Gasteiger partial charge is 0.339 e. The van der Waals surface area contributed by atoms with Gasteiger partial charge in [0.1, 0.15) is 5.76 Å².